The lowest BCUT2D eigenvalue weighted by molar-refractivity contribution is 1.12. The molecule has 5 heteroatoms. The molecule has 0 bridgehead atoms. The highest BCUT2D eigenvalue weighted by Crippen LogP contribution is 2.21. The summed E-state index contributed by atoms with van der Waals surface area (Å²) in [4.78, 5) is 8.06. The number of nitrogens with one attached hydrogen (secondary N) is 1. The van der Waals surface area contributed by atoms with Gasteiger partial charge in [-0.05, 0) is 19.1 Å². The highest BCUT2D eigenvalue weighted by molar-refractivity contribution is 5.71. The molecular weight excluding hydrogens is 202 g/mol. The van der Waals surface area contributed by atoms with Crippen LogP contribution in [0.1, 0.15) is 5.69 Å². The summed E-state index contributed by atoms with van der Waals surface area (Å²) in [5.74, 6) is 0.889. The summed E-state index contributed by atoms with van der Waals surface area (Å²) in [6, 6.07) is 9.28. The Kier molecular flexibility index (Phi) is 2.59. The maximum Gasteiger partial charge on any atom is 0.222 e. The Bertz CT molecular complexity index is 489. The molecule has 0 aliphatic carbocycles. The van der Waals surface area contributed by atoms with E-state index in [4.69, 9.17) is 11.5 Å². The fourth-order valence-corrected chi connectivity index (χ4v) is 1.40. The van der Waals surface area contributed by atoms with E-state index in [2.05, 4.69) is 15.3 Å². The molecule has 1 heterocycles. The minimum Gasteiger partial charge on any atom is -0.397 e. The maximum absolute atomic E-state index is 5.81. The van der Waals surface area contributed by atoms with Gasteiger partial charge in [0.1, 0.15) is 5.82 Å². The van der Waals surface area contributed by atoms with Crippen molar-refractivity contribution in [3.63, 3.8) is 0 Å². The number of hydrogen-bond donors (Lipinski definition) is 3. The molecule has 1 aromatic carbocycles. The summed E-state index contributed by atoms with van der Waals surface area (Å²) in [6.45, 7) is 1.86. The second-order valence-corrected chi connectivity index (χ2v) is 3.47. The van der Waals surface area contributed by atoms with Crippen LogP contribution in [-0.4, -0.2) is 9.97 Å². The van der Waals surface area contributed by atoms with Gasteiger partial charge >= 0.3 is 0 Å². The Morgan fingerprint density at radius 2 is 1.88 bits per heavy atom. The van der Waals surface area contributed by atoms with Gasteiger partial charge < -0.3 is 16.8 Å². The number of para-hydroxylation sites is 2. The molecule has 0 saturated carbocycles. The molecule has 82 valence electrons. The molecule has 0 radical (unpaired) electrons. The largest absolute Gasteiger partial charge is 0.397 e. The van der Waals surface area contributed by atoms with Crippen molar-refractivity contribution in [3.8, 4) is 0 Å². The summed E-state index contributed by atoms with van der Waals surface area (Å²) < 4.78 is 0. The van der Waals surface area contributed by atoms with Gasteiger partial charge in [0.2, 0.25) is 5.95 Å². The summed E-state index contributed by atoms with van der Waals surface area (Å²) >= 11 is 0. The number of nitrogens with zero attached hydrogens (tertiary/aromatic N) is 2. The van der Waals surface area contributed by atoms with Gasteiger partial charge in [0, 0.05) is 11.8 Å². The molecule has 0 aliphatic heterocycles. The van der Waals surface area contributed by atoms with Crippen molar-refractivity contribution < 1.29 is 0 Å². The van der Waals surface area contributed by atoms with Gasteiger partial charge in [-0.25, -0.2) is 4.98 Å². The van der Waals surface area contributed by atoms with Crippen molar-refractivity contribution in [3.05, 3.63) is 36.0 Å². The number of aryl methyl sites for hydroxylation is 1. The van der Waals surface area contributed by atoms with E-state index in [1.807, 2.05) is 37.3 Å². The van der Waals surface area contributed by atoms with Gasteiger partial charge in [0.25, 0.3) is 0 Å². The third-order valence-corrected chi connectivity index (χ3v) is 2.10. The van der Waals surface area contributed by atoms with E-state index in [1.54, 1.807) is 0 Å². The minimum atomic E-state index is 0.247. The highest BCUT2D eigenvalue weighted by atomic mass is 15.1. The van der Waals surface area contributed by atoms with E-state index in [0.717, 1.165) is 11.4 Å². The standard InChI is InChI=1S/C11H13N5/c1-7-6-10(16-11(13)14-7)15-9-5-3-2-4-8(9)12/h2-6H,12H2,1H3,(H3,13,14,15,16). The van der Waals surface area contributed by atoms with Gasteiger partial charge in [-0.2, -0.15) is 4.98 Å². The van der Waals surface area contributed by atoms with Crippen LogP contribution in [0.2, 0.25) is 0 Å². The Labute approximate surface area is 93.5 Å². The van der Waals surface area contributed by atoms with Gasteiger partial charge in [0.05, 0.1) is 11.4 Å². The first kappa shape index (κ1) is 10.2. The van der Waals surface area contributed by atoms with Crippen LogP contribution in [0.3, 0.4) is 0 Å². The van der Waals surface area contributed by atoms with Crippen LogP contribution in [-0.2, 0) is 0 Å². The molecule has 0 aliphatic rings. The van der Waals surface area contributed by atoms with Gasteiger partial charge in [-0.1, -0.05) is 12.1 Å². The number of benzene rings is 1. The van der Waals surface area contributed by atoms with Gasteiger partial charge in [-0.3, -0.25) is 0 Å². The normalized spacial score (nSPS) is 10.1. The molecule has 0 atom stereocenters. The number of aromatic nitrogens is 2. The highest BCUT2D eigenvalue weighted by Gasteiger charge is 2.01. The lowest BCUT2D eigenvalue weighted by atomic mass is 10.2. The maximum atomic E-state index is 5.81. The number of hydrogen-bond acceptors (Lipinski definition) is 5. The monoisotopic (exact) mass is 215 g/mol. The predicted molar refractivity (Wildman–Crippen MR) is 65.3 cm³/mol. The van der Waals surface area contributed by atoms with Crippen LogP contribution in [0.15, 0.2) is 30.3 Å². The van der Waals surface area contributed by atoms with E-state index in [9.17, 15) is 0 Å². The molecule has 2 rings (SSSR count). The molecule has 0 spiro atoms. The first-order chi connectivity index (χ1) is 7.65. The predicted octanol–water partition coefficient (Wildman–Crippen LogP) is 1.69. The zero-order valence-electron chi connectivity index (χ0n) is 8.94. The minimum absolute atomic E-state index is 0.247. The van der Waals surface area contributed by atoms with E-state index in [0.29, 0.717) is 11.5 Å². The topological polar surface area (TPSA) is 89.8 Å². The van der Waals surface area contributed by atoms with E-state index >= 15 is 0 Å². The molecule has 0 unspecified atom stereocenters. The van der Waals surface area contributed by atoms with Crippen molar-refractivity contribution in [2.24, 2.45) is 0 Å². The van der Waals surface area contributed by atoms with Gasteiger partial charge in [0.15, 0.2) is 0 Å². The van der Waals surface area contributed by atoms with Crippen molar-refractivity contribution >= 4 is 23.1 Å². The Morgan fingerprint density at radius 3 is 2.56 bits per heavy atom. The number of rotatable bonds is 2. The van der Waals surface area contributed by atoms with Crippen molar-refractivity contribution in [2.45, 2.75) is 6.92 Å². The lowest BCUT2D eigenvalue weighted by Gasteiger charge is -2.08. The van der Waals surface area contributed by atoms with Crippen molar-refractivity contribution in [1.29, 1.82) is 0 Å². The van der Waals surface area contributed by atoms with Gasteiger partial charge in [-0.15, -0.1) is 0 Å². The molecule has 0 amide bonds. The first-order valence-electron chi connectivity index (χ1n) is 4.88. The third kappa shape index (κ3) is 2.20. The number of nitrogen functional groups attached to an aromatic ring is 2. The smallest absolute Gasteiger partial charge is 0.222 e. The Hall–Kier alpha value is -2.30. The summed E-state index contributed by atoms with van der Waals surface area (Å²) in [5, 5.41) is 3.10. The fraction of sp³-hybridized carbons (Fsp3) is 0.0909. The van der Waals surface area contributed by atoms with Crippen LogP contribution in [0, 0.1) is 6.92 Å². The average molecular weight is 215 g/mol. The molecule has 5 nitrogen and oxygen atoms in total. The molecule has 1 aromatic heterocycles. The van der Waals surface area contributed by atoms with Crippen LogP contribution in [0.25, 0.3) is 0 Å². The zero-order valence-corrected chi connectivity index (χ0v) is 8.94. The van der Waals surface area contributed by atoms with E-state index in [-0.39, 0.29) is 5.95 Å². The molecular formula is C11H13N5. The van der Waals surface area contributed by atoms with Crippen molar-refractivity contribution in [1.82, 2.24) is 9.97 Å². The molecule has 16 heavy (non-hydrogen) atoms. The zero-order chi connectivity index (χ0) is 11.5. The van der Waals surface area contributed by atoms with Crippen LogP contribution in [0.4, 0.5) is 23.1 Å². The first-order valence-corrected chi connectivity index (χ1v) is 4.88. The molecule has 5 N–H and O–H groups in total. The number of nitrogens with two attached hydrogens (primary N) is 2. The Morgan fingerprint density at radius 1 is 1.12 bits per heavy atom. The second kappa shape index (κ2) is 4.06. The SMILES string of the molecule is Cc1cc(Nc2ccccc2N)nc(N)n1. The summed E-state index contributed by atoms with van der Waals surface area (Å²) in [7, 11) is 0. The quantitative estimate of drug-likeness (QED) is 0.663. The third-order valence-electron chi connectivity index (χ3n) is 2.10. The molecule has 0 saturated heterocycles. The van der Waals surface area contributed by atoms with Crippen LogP contribution >= 0.6 is 0 Å². The number of anilines is 4. The molecule has 2 aromatic rings. The lowest BCUT2D eigenvalue weighted by Crippen LogP contribution is -2.02. The van der Waals surface area contributed by atoms with E-state index < -0.39 is 0 Å². The van der Waals surface area contributed by atoms with Crippen LogP contribution in [0.5, 0.6) is 0 Å². The average Bonchev–Trinajstić information content (AvgIpc) is 2.20. The summed E-state index contributed by atoms with van der Waals surface area (Å²) in [6.07, 6.45) is 0. The second-order valence-electron chi connectivity index (χ2n) is 3.47. The molecule has 0 fully saturated rings. The fourth-order valence-electron chi connectivity index (χ4n) is 1.40. The Balaban J connectivity index is 2.30. The van der Waals surface area contributed by atoms with Crippen molar-refractivity contribution in [2.75, 3.05) is 16.8 Å². The van der Waals surface area contributed by atoms with Crippen LogP contribution < -0.4 is 16.8 Å². The van der Waals surface area contributed by atoms with E-state index in [1.165, 1.54) is 0 Å². The summed E-state index contributed by atoms with van der Waals surface area (Å²) in [5.41, 5.74) is 13.6.